The predicted octanol–water partition coefficient (Wildman–Crippen LogP) is 3.73. The van der Waals surface area contributed by atoms with E-state index >= 15 is 0 Å². The number of sulfonamides is 1. The second-order valence-electron chi connectivity index (χ2n) is 7.14. The molecule has 1 aromatic heterocycles. The monoisotopic (exact) mass is 422 g/mol. The van der Waals surface area contributed by atoms with Crippen molar-refractivity contribution in [1.82, 2.24) is 4.98 Å². The minimum absolute atomic E-state index is 0.0914. The molecule has 0 spiro atoms. The molecule has 7 nitrogen and oxygen atoms in total. The van der Waals surface area contributed by atoms with Gasteiger partial charge in [0.15, 0.2) is 0 Å². The molecule has 0 aliphatic heterocycles. The standard InChI is InChI=1S/C22H22N4O3S/c1-26(19-7-3-2-4-8-19)30(28,29)20-9-5-6-18(14-20)25-22(27)16-10-13-21(23-15-16)24-17-11-12-17/h2-10,13-15,17H,11-12H2,1H3,(H,23,24)(H,25,27). The molecule has 0 bridgehead atoms. The van der Waals surface area contributed by atoms with Crippen LogP contribution in [0.2, 0.25) is 0 Å². The lowest BCUT2D eigenvalue weighted by atomic mass is 10.2. The van der Waals surface area contributed by atoms with Crippen LogP contribution in [0.4, 0.5) is 17.2 Å². The van der Waals surface area contributed by atoms with E-state index in [-0.39, 0.29) is 10.8 Å². The van der Waals surface area contributed by atoms with E-state index < -0.39 is 10.0 Å². The van der Waals surface area contributed by atoms with Crippen molar-refractivity contribution in [3.8, 4) is 0 Å². The van der Waals surface area contributed by atoms with Gasteiger partial charge in [-0.2, -0.15) is 0 Å². The van der Waals surface area contributed by atoms with Crippen LogP contribution in [0.15, 0.2) is 77.8 Å². The summed E-state index contributed by atoms with van der Waals surface area (Å²) >= 11 is 0. The van der Waals surface area contributed by atoms with Gasteiger partial charge in [0, 0.05) is 25.0 Å². The van der Waals surface area contributed by atoms with E-state index in [9.17, 15) is 13.2 Å². The Balaban J connectivity index is 1.49. The molecular formula is C22H22N4O3S. The van der Waals surface area contributed by atoms with Crippen molar-refractivity contribution in [2.75, 3.05) is 22.0 Å². The highest BCUT2D eigenvalue weighted by Gasteiger charge is 2.22. The summed E-state index contributed by atoms with van der Waals surface area (Å²) in [5.41, 5.74) is 1.34. The Morgan fingerprint density at radius 3 is 2.47 bits per heavy atom. The molecule has 0 saturated heterocycles. The van der Waals surface area contributed by atoms with Crippen LogP contribution in [-0.4, -0.2) is 32.4 Å². The molecule has 1 fully saturated rings. The Morgan fingerprint density at radius 2 is 1.80 bits per heavy atom. The van der Waals surface area contributed by atoms with Crippen molar-refractivity contribution in [3.05, 3.63) is 78.5 Å². The van der Waals surface area contributed by atoms with Gasteiger partial charge in [0.1, 0.15) is 5.82 Å². The summed E-state index contributed by atoms with van der Waals surface area (Å²) in [5.74, 6) is 0.387. The molecule has 1 saturated carbocycles. The van der Waals surface area contributed by atoms with E-state index in [1.807, 2.05) is 6.07 Å². The number of carbonyl (C=O) groups excluding carboxylic acids is 1. The lowest BCUT2D eigenvalue weighted by Crippen LogP contribution is -2.26. The fraction of sp³-hybridized carbons (Fsp3) is 0.182. The van der Waals surface area contributed by atoms with Gasteiger partial charge in [0.25, 0.3) is 15.9 Å². The maximum atomic E-state index is 13.0. The molecule has 0 atom stereocenters. The first-order valence-electron chi connectivity index (χ1n) is 9.61. The second-order valence-corrected chi connectivity index (χ2v) is 9.11. The number of hydrogen-bond donors (Lipinski definition) is 2. The summed E-state index contributed by atoms with van der Waals surface area (Å²) in [4.78, 5) is 16.9. The number of anilines is 3. The normalized spacial score (nSPS) is 13.5. The van der Waals surface area contributed by atoms with Gasteiger partial charge in [0.05, 0.1) is 16.1 Å². The topological polar surface area (TPSA) is 91.4 Å². The van der Waals surface area contributed by atoms with Gasteiger partial charge in [0.2, 0.25) is 0 Å². The van der Waals surface area contributed by atoms with Crippen LogP contribution < -0.4 is 14.9 Å². The van der Waals surface area contributed by atoms with Crippen molar-refractivity contribution in [1.29, 1.82) is 0 Å². The van der Waals surface area contributed by atoms with Crippen molar-refractivity contribution in [2.45, 2.75) is 23.8 Å². The highest BCUT2D eigenvalue weighted by molar-refractivity contribution is 7.92. The Labute approximate surface area is 175 Å². The zero-order chi connectivity index (χ0) is 21.1. The van der Waals surface area contributed by atoms with Gasteiger partial charge < -0.3 is 10.6 Å². The van der Waals surface area contributed by atoms with Crippen LogP contribution in [0.1, 0.15) is 23.2 Å². The van der Waals surface area contributed by atoms with Gasteiger partial charge in [-0.1, -0.05) is 24.3 Å². The van der Waals surface area contributed by atoms with Gasteiger partial charge in [-0.05, 0) is 55.3 Å². The quantitative estimate of drug-likeness (QED) is 0.605. The number of aromatic nitrogens is 1. The highest BCUT2D eigenvalue weighted by Crippen LogP contribution is 2.25. The van der Waals surface area contributed by atoms with Crippen LogP contribution in [0.3, 0.4) is 0 Å². The predicted molar refractivity (Wildman–Crippen MR) is 117 cm³/mol. The van der Waals surface area contributed by atoms with Gasteiger partial charge in [-0.25, -0.2) is 13.4 Å². The average molecular weight is 423 g/mol. The summed E-state index contributed by atoms with van der Waals surface area (Å²) in [6.07, 6.45) is 3.79. The van der Waals surface area contributed by atoms with Crippen molar-refractivity contribution in [3.63, 3.8) is 0 Å². The van der Waals surface area contributed by atoms with Gasteiger partial charge in [-0.3, -0.25) is 9.10 Å². The number of pyridine rings is 1. The number of benzene rings is 2. The summed E-state index contributed by atoms with van der Waals surface area (Å²) in [6, 6.07) is 19.0. The lowest BCUT2D eigenvalue weighted by Gasteiger charge is -2.19. The first-order chi connectivity index (χ1) is 14.4. The molecule has 4 rings (SSSR count). The maximum absolute atomic E-state index is 13.0. The molecule has 1 aliphatic rings. The molecule has 30 heavy (non-hydrogen) atoms. The number of nitrogens with one attached hydrogen (secondary N) is 2. The third-order valence-electron chi connectivity index (χ3n) is 4.83. The van der Waals surface area contributed by atoms with Crippen LogP contribution >= 0.6 is 0 Å². The number of amides is 1. The van der Waals surface area contributed by atoms with E-state index in [2.05, 4.69) is 15.6 Å². The van der Waals surface area contributed by atoms with Crippen LogP contribution in [0.25, 0.3) is 0 Å². The van der Waals surface area contributed by atoms with Crippen molar-refractivity contribution >= 4 is 33.1 Å². The summed E-state index contributed by atoms with van der Waals surface area (Å²) in [6.45, 7) is 0. The summed E-state index contributed by atoms with van der Waals surface area (Å²) in [7, 11) is -2.27. The largest absolute Gasteiger partial charge is 0.367 e. The van der Waals surface area contributed by atoms with E-state index in [0.717, 1.165) is 18.7 Å². The molecule has 1 amide bonds. The van der Waals surface area contributed by atoms with Gasteiger partial charge >= 0.3 is 0 Å². The van der Waals surface area contributed by atoms with Crippen molar-refractivity contribution in [2.24, 2.45) is 0 Å². The Hall–Kier alpha value is -3.39. The number of carbonyl (C=O) groups is 1. The SMILES string of the molecule is CN(c1ccccc1)S(=O)(=O)c1cccc(NC(=O)c2ccc(NC3CC3)nc2)c1. The third kappa shape index (κ3) is 4.44. The summed E-state index contributed by atoms with van der Waals surface area (Å²) < 4.78 is 27.1. The highest BCUT2D eigenvalue weighted by atomic mass is 32.2. The molecule has 154 valence electrons. The minimum Gasteiger partial charge on any atom is -0.367 e. The summed E-state index contributed by atoms with van der Waals surface area (Å²) in [5, 5.41) is 6.01. The average Bonchev–Trinajstić information content (AvgIpc) is 3.58. The molecule has 1 heterocycles. The Morgan fingerprint density at radius 1 is 1.03 bits per heavy atom. The molecule has 8 heteroatoms. The molecular weight excluding hydrogens is 400 g/mol. The minimum atomic E-state index is -3.76. The third-order valence-corrected chi connectivity index (χ3v) is 6.61. The second kappa shape index (κ2) is 8.16. The number of rotatable bonds is 7. The van der Waals surface area contributed by atoms with Crippen LogP contribution in [0.5, 0.6) is 0 Å². The zero-order valence-electron chi connectivity index (χ0n) is 16.4. The number of nitrogens with zero attached hydrogens (tertiary/aromatic N) is 2. The lowest BCUT2D eigenvalue weighted by molar-refractivity contribution is 0.102. The maximum Gasteiger partial charge on any atom is 0.264 e. The van der Waals surface area contributed by atoms with Crippen molar-refractivity contribution < 1.29 is 13.2 Å². The fourth-order valence-electron chi connectivity index (χ4n) is 2.92. The molecule has 2 aromatic carbocycles. The fourth-order valence-corrected chi connectivity index (χ4v) is 4.16. The van der Waals surface area contributed by atoms with E-state index in [0.29, 0.717) is 23.0 Å². The molecule has 2 N–H and O–H groups in total. The molecule has 0 radical (unpaired) electrons. The smallest absolute Gasteiger partial charge is 0.264 e. The Kier molecular flexibility index (Phi) is 5.41. The van der Waals surface area contributed by atoms with E-state index in [1.54, 1.807) is 48.5 Å². The molecule has 0 unspecified atom stereocenters. The molecule has 1 aliphatic carbocycles. The first kappa shape index (κ1) is 19.9. The number of para-hydroxylation sites is 1. The first-order valence-corrected chi connectivity index (χ1v) is 11.1. The van der Waals surface area contributed by atoms with E-state index in [4.69, 9.17) is 0 Å². The number of hydrogen-bond acceptors (Lipinski definition) is 5. The van der Waals surface area contributed by atoms with Gasteiger partial charge in [-0.15, -0.1) is 0 Å². The van der Waals surface area contributed by atoms with Crippen LogP contribution in [-0.2, 0) is 10.0 Å². The van der Waals surface area contributed by atoms with E-state index in [1.165, 1.54) is 29.7 Å². The Bertz CT molecular complexity index is 1140. The zero-order valence-corrected chi connectivity index (χ0v) is 17.3. The molecule has 3 aromatic rings. The van der Waals surface area contributed by atoms with Crippen LogP contribution in [0, 0.1) is 0 Å².